The molecule has 3 aromatic rings. The monoisotopic (exact) mass is 392 g/mol. The summed E-state index contributed by atoms with van der Waals surface area (Å²) in [5, 5.41) is 12.8. The number of morpholine rings is 1. The Morgan fingerprint density at radius 1 is 1.28 bits per heavy atom. The van der Waals surface area contributed by atoms with Crippen LogP contribution in [0, 0.1) is 11.3 Å². The lowest BCUT2D eigenvalue weighted by atomic mass is 10.1. The van der Waals surface area contributed by atoms with Crippen molar-refractivity contribution in [1.29, 1.82) is 5.26 Å². The first kappa shape index (κ1) is 18.8. The normalized spacial score (nSPS) is 15.3. The number of hydrogen-bond acceptors (Lipinski definition) is 8. The maximum Gasteiger partial charge on any atom is 0.248 e. The lowest BCUT2D eigenvalue weighted by molar-refractivity contribution is -0.142. The molecule has 2 aromatic heterocycles. The molecule has 29 heavy (non-hydrogen) atoms. The van der Waals surface area contributed by atoms with Crippen molar-refractivity contribution < 1.29 is 13.9 Å². The van der Waals surface area contributed by atoms with Gasteiger partial charge in [0.05, 0.1) is 18.4 Å². The molecule has 3 heterocycles. The lowest BCUT2D eigenvalue weighted by Gasteiger charge is -2.26. The smallest absolute Gasteiger partial charge is 0.248 e. The molecule has 0 radical (unpaired) electrons. The first-order valence-electron chi connectivity index (χ1n) is 9.42. The highest BCUT2D eigenvalue weighted by atomic mass is 16.5. The average molecular weight is 392 g/mol. The van der Waals surface area contributed by atoms with Crippen LogP contribution in [0.25, 0.3) is 11.1 Å². The number of hydrogen-bond donors (Lipinski definition) is 1. The SMILES string of the molecule is N#CC(c1ccnc(NCCCN2CCOCC2=O)n1)c1nc2ccccc2o1. The van der Waals surface area contributed by atoms with E-state index in [1.54, 1.807) is 17.2 Å². The highest BCUT2D eigenvalue weighted by Gasteiger charge is 2.22. The standard InChI is InChI=1S/C20H20N6O3/c21-12-14(19-24-16-4-1-2-5-17(16)29-19)15-6-8-23-20(25-15)22-7-3-9-26-10-11-28-13-18(26)27/h1-2,4-6,8,14H,3,7,9-11,13H2,(H,22,23,25). The van der Waals surface area contributed by atoms with Gasteiger partial charge in [0.1, 0.15) is 12.1 Å². The molecular formula is C20H20N6O3. The van der Waals surface area contributed by atoms with Crippen molar-refractivity contribution >= 4 is 23.0 Å². The minimum atomic E-state index is -0.725. The Morgan fingerprint density at radius 2 is 2.17 bits per heavy atom. The molecule has 0 aliphatic carbocycles. The first-order valence-corrected chi connectivity index (χ1v) is 9.42. The van der Waals surface area contributed by atoms with Gasteiger partial charge in [-0.05, 0) is 24.6 Å². The van der Waals surface area contributed by atoms with Crippen LogP contribution in [-0.2, 0) is 9.53 Å². The van der Waals surface area contributed by atoms with Crippen LogP contribution in [0.3, 0.4) is 0 Å². The third kappa shape index (κ3) is 4.33. The number of rotatable bonds is 7. The fourth-order valence-electron chi connectivity index (χ4n) is 3.14. The molecule has 9 nitrogen and oxygen atoms in total. The average Bonchev–Trinajstić information content (AvgIpc) is 3.17. The van der Waals surface area contributed by atoms with Crippen LogP contribution in [0.1, 0.15) is 23.9 Å². The van der Waals surface area contributed by atoms with Crippen LogP contribution in [0.4, 0.5) is 5.95 Å². The molecule has 1 N–H and O–H groups in total. The van der Waals surface area contributed by atoms with E-state index in [9.17, 15) is 10.1 Å². The molecule has 1 fully saturated rings. The summed E-state index contributed by atoms with van der Waals surface area (Å²) < 4.78 is 10.9. The molecule has 1 aromatic carbocycles. The summed E-state index contributed by atoms with van der Waals surface area (Å²) in [7, 11) is 0. The van der Waals surface area contributed by atoms with Gasteiger partial charge in [0.2, 0.25) is 17.7 Å². The van der Waals surface area contributed by atoms with Crippen LogP contribution in [0.2, 0.25) is 0 Å². The summed E-state index contributed by atoms with van der Waals surface area (Å²) >= 11 is 0. The van der Waals surface area contributed by atoms with E-state index in [0.717, 1.165) is 6.42 Å². The number of ether oxygens (including phenoxy) is 1. The zero-order valence-corrected chi connectivity index (χ0v) is 15.7. The second kappa shape index (κ2) is 8.67. The van der Waals surface area contributed by atoms with Crippen molar-refractivity contribution in [2.45, 2.75) is 12.3 Å². The molecule has 4 rings (SSSR count). The van der Waals surface area contributed by atoms with E-state index < -0.39 is 5.92 Å². The Balaban J connectivity index is 1.39. The summed E-state index contributed by atoms with van der Waals surface area (Å²) in [6, 6.07) is 11.3. The zero-order valence-electron chi connectivity index (χ0n) is 15.7. The Hall–Kier alpha value is -3.51. The van der Waals surface area contributed by atoms with E-state index in [1.807, 2.05) is 24.3 Å². The Bertz CT molecular complexity index is 1010. The van der Waals surface area contributed by atoms with Crippen molar-refractivity contribution in [3.63, 3.8) is 0 Å². The zero-order chi connectivity index (χ0) is 20.1. The summed E-state index contributed by atoms with van der Waals surface area (Å²) in [5.74, 6) is 0.0259. The van der Waals surface area contributed by atoms with Crippen LogP contribution >= 0.6 is 0 Å². The molecule has 1 unspecified atom stereocenters. The van der Waals surface area contributed by atoms with Gasteiger partial charge in [0.15, 0.2) is 11.5 Å². The van der Waals surface area contributed by atoms with Gasteiger partial charge >= 0.3 is 0 Å². The van der Waals surface area contributed by atoms with Gasteiger partial charge in [-0.2, -0.15) is 5.26 Å². The molecule has 1 amide bonds. The number of amides is 1. The molecule has 148 valence electrons. The number of nitriles is 1. The van der Waals surface area contributed by atoms with Gasteiger partial charge in [-0.25, -0.2) is 15.0 Å². The summed E-state index contributed by atoms with van der Waals surface area (Å²) in [5.41, 5.74) is 1.85. The molecule has 1 atom stereocenters. The van der Waals surface area contributed by atoms with Gasteiger partial charge in [0.25, 0.3) is 0 Å². The quantitative estimate of drug-likeness (QED) is 0.606. The maximum absolute atomic E-state index is 11.7. The van der Waals surface area contributed by atoms with E-state index in [2.05, 4.69) is 26.3 Å². The van der Waals surface area contributed by atoms with Gasteiger partial charge in [-0.1, -0.05) is 12.1 Å². The van der Waals surface area contributed by atoms with Crippen molar-refractivity contribution in [1.82, 2.24) is 19.9 Å². The highest BCUT2D eigenvalue weighted by molar-refractivity contribution is 5.78. The number of oxazole rings is 1. The third-order valence-electron chi connectivity index (χ3n) is 4.63. The van der Waals surface area contributed by atoms with Gasteiger partial charge < -0.3 is 19.4 Å². The lowest BCUT2D eigenvalue weighted by Crippen LogP contribution is -2.42. The summed E-state index contributed by atoms with van der Waals surface area (Å²) in [6.45, 7) is 2.62. The van der Waals surface area contributed by atoms with E-state index in [-0.39, 0.29) is 12.5 Å². The number of para-hydroxylation sites is 2. The Kier molecular flexibility index (Phi) is 5.63. The minimum absolute atomic E-state index is 0.0182. The van der Waals surface area contributed by atoms with Crippen molar-refractivity contribution in [3.05, 3.63) is 48.1 Å². The molecule has 9 heteroatoms. The van der Waals surface area contributed by atoms with E-state index in [0.29, 0.717) is 54.9 Å². The molecule has 0 spiro atoms. The Labute approximate surface area is 167 Å². The van der Waals surface area contributed by atoms with Crippen molar-refractivity contribution in [2.24, 2.45) is 0 Å². The molecule has 0 saturated carbocycles. The van der Waals surface area contributed by atoms with Crippen LogP contribution in [0.15, 0.2) is 40.9 Å². The van der Waals surface area contributed by atoms with Gasteiger partial charge in [-0.15, -0.1) is 0 Å². The fraction of sp³-hybridized carbons (Fsp3) is 0.350. The van der Waals surface area contributed by atoms with Crippen LogP contribution < -0.4 is 5.32 Å². The molecule has 1 saturated heterocycles. The summed E-state index contributed by atoms with van der Waals surface area (Å²) in [6.07, 6.45) is 2.36. The molecule has 1 aliphatic rings. The van der Waals surface area contributed by atoms with E-state index in [1.165, 1.54) is 0 Å². The molecule has 1 aliphatic heterocycles. The van der Waals surface area contributed by atoms with Crippen LogP contribution in [0.5, 0.6) is 0 Å². The highest BCUT2D eigenvalue weighted by Crippen LogP contribution is 2.25. The number of fused-ring (bicyclic) bond motifs is 1. The van der Waals surface area contributed by atoms with E-state index >= 15 is 0 Å². The minimum Gasteiger partial charge on any atom is -0.439 e. The number of anilines is 1. The topological polar surface area (TPSA) is 117 Å². The number of nitrogens with zero attached hydrogens (tertiary/aromatic N) is 5. The predicted octanol–water partition coefficient (Wildman–Crippen LogP) is 1.93. The maximum atomic E-state index is 11.7. The van der Waals surface area contributed by atoms with Crippen molar-refractivity contribution in [2.75, 3.05) is 38.2 Å². The van der Waals surface area contributed by atoms with E-state index in [4.69, 9.17) is 9.15 Å². The second-order valence-corrected chi connectivity index (χ2v) is 6.60. The van der Waals surface area contributed by atoms with Crippen molar-refractivity contribution in [3.8, 4) is 6.07 Å². The molecular weight excluding hydrogens is 372 g/mol. The van der Waals surface area contributed by atoms with Gasteiger partial charge in [0, 0.05) is 25.8 Å². The number of benzene rings is 1. The Morgan fingerprint density at radius 3 is 3.00 bits per heavy atom. The molecule has 0 bridgehead atoms. The number of aromatic nitrogens is 3. The second-order valence-electron chi connectivity index (χ2n) is 6.60. The largest absolute Gasteiger partial charge is 0.439 e. The van der Waals surface area contributed by atoms with Gasteiger partial charge in [-0.3, -0.25) is 4.79 Å². The summed E-state index contributed by atoms with van der Waals surface area (Å²) in [4.78, 5) is 26.6. The predicted molar refractivity (Wildman–Crippen MR) is 104 cm³/mol. The third-order valence-corrected chi connectivity index (χ3v) is 4.63. The first-order chi connectivity index (χ1) is 14.2. The number of carbonyl (C=O) groups excluding carboxylic acids is 1. The number of carbonyl (C=O) groups is 1. The fourth-order valence-corrected chi connectivity index (χ4v) is 3.14. The number of nitrogens with one attached hydrogen (secondary N) is 1. The van der Waals surface area contributed by atoms with Crippen LogP contribution in [-0.4, -0.2) is 58.6 Å².